The summed E-state index contributed by atoms with van der Waals surface area (Å²) in [5.74, 6) is -0.359. The van der Waals surface area contributed by atoms with Crippen LogP contribution < -0.4 is 11.1 Å². The van der Waals surface area contributed by atoms with E-state index in [-0.39, 0.29) is 25.5 Å². The summed E-state index contributed by atoms with van der Waals surface area (Å²) in [6, 6.07) is -1.37. The minimum Gasteiger partial charge on any atom is -0.394 e. The Morgan fingerprint density at radius 1 is 1.53 bits per heavy atom. The number of carbonyl (C=O) groups is 2. The first-order valence-corrected chi connectivity index (χ1v) is 5.35. The van der Waals surface area contributed by atoms with Crippen LogP contribution in [0, 0.1) is 0 Å². The van der Waals surface area contributed by atoms with Gasteiger partial charge >= 0.3 is 6.03 Å². The number of nitrogens with one attached hydrogen (secondary N) is 1. The van der Waals surface area contributed by atoms with E-state index in [0.29, 0.717) is 0 Å². The molecule has 2 aliphatic rings. The number of carbonyl (C=O) groups excluding carboxylic acids is 2. The highest BCUT2D eigenvalue weighted by molar-refractivity contribution is 5.96. The molecule has 2 heterocycles. The molecule has 0 aliphatic carbocycles. The van der Waals surface area contributed by atoms with Crippen LogP contribution in [-0.2, 0) is 9.53 Å². The average Bonchev–Trinajstić information content (AvgIpc) is 2.57. The predicted octanol–water partition coefficient (Wildman–Crippen LogP) is -2.67. The van der Waals surface area contributed by atoms with Gasteiger partial charge in [-0.2, -0.15) is 0 Å². The van der Waals surface area contributed by atoms with Gasteiger partial charge in [0.15, 0.2) is 6.23 Å². The molecule has 5 N–H and O–H groups in total. The van der Waals surface area contributed by atoms with E-state index in [1.165, 1.54) is 4.90 Å². The number of nitrogens with zero attached hydrogens (tertiary/aromatic N) is 1. The zero-order valence-electron chi connectivity index (χ0n) is 9.07. The number of hydrogen-bond acceptors (Lipinski definition) is 6. The van der Waals surface area contributed by atoms with E-state index in [1.807, 2.05) is 0 Å². The van der Waals surface area contributed by atoms with Gasteiger partial charge in [-0.15, -0.1) is 0 Å². The molecule has 0 aromatic carbocycles. The molecule has 0 aromatic heterocycles. The number of aliphatic hydroxyl groups is 2. The maximum Gasteiger partial charge on any atom is 0.326 e. The Morgan fingerprint density at radius 2 is 2.24 bits per heavy atom. The Morgan fingerprint density at radius 3 is 2.76 bits per heavy atom. The molecule has 0 radical (unpaired) electrons. The molecule has 2 fully saturated rings. The van der Waals surface area contributed by atoms with Crippen LogP contribution in [0.4, 0.5) is 4.79 Å². The van der Waals surface area contributed by atoms with Crippen molar-refractivity contribution in [2.45, 2.75) is 30.9 Å². The van der Waals surface area contributed by atoms with Crippen LogP contribution in [0.15, 0.2) is 0 Å². The molecule has 4 atom stereocenters. The van der Waals surface area contributed by atoms with Crippen LogP contribution in [0.5, 0.6) is 0 Å². The van der Waals surface area contributed by atoms with Crippen molar-refractivity contribution in [2.24, 2.45) is 5.73 Å². The summed E-state index contributed by atoms with van der Waals surface area (Å²) in [6.07, 6.45) is -2.56. The van der Waals surface area contributed by atoms with Crippen molar-refractivity contribution in [3.05, 3.63) is 0 Å². The molecule has 0 spiro atoms. The van der Waals surface area contributed by atoms with Gasteiger partial charge in [0.05, 0.1) is 12.6 Å². The lowest BCUT2D eigenvalue weighted by Crippen LogP contribution is -2.57. The highest BCUT2D eigenvalue weighted by Gasteiger charge is 2.46. The third kappa shape index (κ3) is 2.12. The Kier molecular flexibility index (Phi) is 3.29. The Labute approximate surface area is 97.3 Å². The van der Waals surface area contributed by atoms with Crippen LogP contribution in [0.1, 0.15) is 6.42 Å². The van der Waals surface area contributed by atoms with E-state index in [2.05, 4.69) is 5.32 Å². The molecule has 2 aliphatic heterocycles. The number of imide groups is 1. The summed E-state index contributed by atoms with van der Waals surface area (Å²) < 4.78 is 5.31. The fraction of sp³-hybridized carbons (Fsp3) is 0.778. The average molecular weight is 245 g/mol. The second-order valence-electron chi connectivity index (χ2n) is 4.11. The van der Waals surface area contributed by atoms with Gasteiger partial charge in [-0.25, -0.2) is 4.79 Å². The van der Waals surface area contributed by atoms with Crippen molar-refractivity contribution in [1.82, 2.24) is 10.2 Å². The molecular weight excluding hydrogens is 230 g/mol. The lowest BCUT2D eigenvalue weighted by atomic mass is 10.1. The van der Waals surface area contributed by atoms with E-state index in [9.17, 15) is 14.7 Å². The first-order valence-electron chi connectivity index (χ1n) is 5.35. The van der Waals surface area contributed by atoms with Gasteiger partial charge in [0.25, 0.3) is 0 Å². The highest BCUT2D eigenvalue weighted by Crippen LogP contribution is 2.23. The third-order valence-corrected chi connectivity index (χ3v) is 3.00. The van der Waals surface area contributed by atoms with Crippen molar-refractivity contribution in [1.29, 1.82) is 0 Å². The molecule has 96 valence electrons. The van der Waals surface area contributed by atoms with E-state index < -0.39 is 30.5 Å². The van der Waals surface area contributed by atoms with Crippen molar-refractivity contribution in [2.75, 3.05) is 13.2 Å². The number of rotatable bonds is 2. The zero-order chi connectivity index (χ0) is 12.6. The third-order valence-electron chi connectivity index (χ3n) is 3.00. The van der Waals surface area contributed by atoms with Gasteiger partial charge in [0, 0.05) is 13.0 Å². The SMILES string of the molecule is N[C@H]1[C@H](O)[C@H](N2CCC(=O)NC2=O)O[C@@H]1CO. The van der Waals surface area contributed by atoms with Crippen molar-refractivity contribution >= 4 is 11.9 Å². The first kappa shape index (κ1) is 12.2. The fourth-order valence-corrected chi connectivity index (χ4v) is 2.00. The summed E-state index contributed by atoms with van der Waals surface area (Å²) in [5, 5.41) is 20.9. The fourth-order valence-electron chi connectivity index (χ4n) is 2.00. The largest absolute Gasteiger partial charge is 0.394 e. The summed E-state index contributed by atoms with van der Waals surface area (Å²) in [7, 11) is 0. The van der Waals surface area contributed by atoms with Crippen LogP contribution >= 0.6 is 0 Å². The van der Waals surface area contributed by atoms with Crippen LogP contribution in [-0.4, -0.2) is 64.7 Å². The van der Waals surface area contributed by atoms with Crippen LogP contribution in [0.2, 0.25) is 0 Å². The number of nitrogens with two attached hydrogens (primary N) is 1. The number of amides is 3. The van der Waals surface area contributed by atoms with E-state index >= 15 is 0 Å². The Hall–Kier alpha value is -1.22. The molecule has 0 saturated carbocycles. The maximum atomic E-state index is 11.5. The lowest BCUT2D eigenvalue weighted by molar-refractivity contribution is -0.125. The van der Waals surface area contributed by atoms with Gasteiger partial charge in [0.2, 0.25) is 5.91 Å². The molecular formula is C9H15N3O5. The quantitative estimate of drug-likeness (QED) is 0.420. The molecule has 8 nitrogen and oxygen atoms in total. The molecule has 0 aromatic rings. The van der Waals surface area contributed by atoms with E-state index in [0.717, 1.165) is 0 Å². The minimum absolute atomic E-state index is 0.150. The second kappa shape index (κ2) is 4.57. The van der Waals surface area contributed by atoms with Gasteiger partial charge in [-0.3, -0.25) is 15.0 Å². The first-order chi connectivity index (χ1) is 8.04. The Balaban J connectivity index is 2.08. The molecule has 0 bridgehead atoms. The van der Waals surface area contributed by atoms with Gasteiger partial charge in [-0.05, 0) is 0 Å². The van der Waals surface area contributed by atoms with Crippen LogP contribution in [0.3, 0.4) is 0 Å². The molecule has 0 unspecified atom stereocenters. The molecule has 2 rings (SSSR count). The van der Waals surface area contributed by atoms with Crippen molar-refractivity contribution < 1.29 is 24.5 Å². The zero-order valence-corrected chi connectivity index (χ0v) is 9.07. The van der Waals surface area contributed by atoms with Gasteiger partial charge in [0.1, 0.15) is 12.2 Å². The van der Waals surface area contributed by atoms with Gasteiger partial charge < -0.3 is 20.7 Å². The number of aliphatic hydroxyl groups excluding tert-OH is 2. The summed E-state index contributed by atoms with van der Waals surface area (Å²) in [5.41, 5.74) is 5.64. The summed E-state index contributed by atoms with van der Waals surface area (Å²) >= 11 is 0. The molecule has 8 heteroatoms. The lowest BCUT2D eigenvalue weighted by Gasteiger charge is -2.32. The molecule has 2 saturated heterocycles. The predicted molar refractivity (Wildman–Crippen MR) is 54.6 cm³/mol. The highest BCUT2D eigenvalue weighted by atomic mass is 16.5. The van der Waals surface area contributed by atoms with E-state index in [4.69, 9.17) is 15.6 Å². The van der Waals surface area contributed by atoms with E-state index in [1.54, 1.807) is 0 Å². The molecule has 17 heavy (non-hydrogen) atoms. The van der Waals surface area contributed by atoms with Gasteiger partial charge in [-0.1, -0.05) is 0 Å². The topological polar surface area (TPSA) is 125 Å². The minimum atomic E-state index is -1.08. The maximum absolute atomic E-state index is 11.5. The number of ether oxygens (including phenoxy) is 1. The standard InChI is InChI=1S/C9H15N3O5/c10-6-4(3-13)17-8(7(6)15)12-2-1-5(14)11-9(12)16/h4,6-8,13,15H,1-3,10H2,(H,11,14,16)/t4-,6-,7+,8-/m1/s1. The summed E-state index contributed by atoms with van der Waals surface area (Å²) in [6.45, 7) is -0.166. The normalized spacial score (nSPS) is 38.4. The summed E-state index contributed by atoms with van der Waals surface area (Å²) in [4.78, 5) is 23.7. The number of hydrogen-bond donors (Lipinski definition) is 4. The van der Waals surface area contributed by atoms with Crippen LogP contribution in [0.25, 0.3) is 0 Å². The smallest absolute Gasteiger partial charge is 0.326 e. The molecule has 3 amide bonds. The number of urea groups is 1. The van der Waals surface area contributed by atoms with Crippen molar-refractivity contribution in [3.63, 3.8) is 0 Å². The monoisotopic (exact) mass is 245 g/mol. The Bertz CT molecular complexity index is 337. The second-order valence-corrected chi connectivity index (χ2v) is 4.11. The van der Waals surface area contributed by atoms with Crippen molar-refractivity contribution in [3.8, 4) is 0 Å².